The molecular formula is C12H25BN4O7S. The summed E-state index contributed by atoms with van der Waals surface area (Å²) in [7, 11) is -5.47. The van der Waals surface area contributed by atoms with Crippen LogP contribution in [0.2, 0.25) is 6.32 Å². The van der Waals surface area contributed by atoms with Crippen LogP contribution in [0.1, 0.15) is 12.8 Å². The average molecular weight is 380 g/mol. The maximum absolute atomic E-state index is 12.5. The van der Waals surface area contributed by atoms with Crippen LogP contribution in [-0.4, -0.2) is 84.9 Å². The SMILES string of the molecule is NC1COCC1NS(=O)(=O)N1C[C@H](CCCB(O)O)[C@](N)(C(=O)O)C1. The van der Waals surface area contributed by atoms with Gasteiger partial charge < -0.3 is 31.4 Å². The molecule has 8 N–H and O–H groups in total. The van der Waals surface area contributed by atoms with Crippen LogP contribution >= 0.6 is 0 Å². The average Bonchev–Trinajstić information content (AvgIpc) is 3.04. The third-order valence-electron chi connectivity index (χ3n) is 4.77. The molecule has 0 aromatic carbocycles. The molecule has 0 spiro atoms. The summed E-state index contributed by atoms with van der Waals surface area (Å²) in [5.41, 5.74) is 10.0. The predicted octanol–water partition coefficient (Wildman–Crippen LogP) is -3.49. The largest absolute Gasteiger partial charge is 0.480 e. The number of aliphatic carboxylic acids is 1. The van der Waals surface area contributed by atoms with Gasteiger partial charge >= 0.3 is 13.1 Å². The number of nitrogens with two attached hydrogens (primary N) is 2. The van der Waals surface area contributed by atoms with Crippen molar-refractivity contribution >= 4 is 23.3 Å². The van der Waals surface area contributed by atoms with Crippen molar-refractivity contribution in [3.05, 3.63) is 0 Å². The lowest BCUT2D eigenvalue weighted by molar-refractivity contribution is -0.144. The third-order valence-corrected chi connectivity index (χ3v) is 6.33. The highest BCUT2D eigenvalue weighted by molar-refractivity contribution is 7.87. The second kappa shape index (κ2) is 7.84. The zero-order valence-electron chi connectivity index (χ0n) is 13.7. The fourth-order valence-electron chi connectivity index (χ4n) is 3.17. The van der Waals surface area contributed by atoms with Gasteiger partial charge in [-0.2, -0.15) is 17.4 Å². The van der Waals surface area contributed by atoms with E-state index >= 15 is 0 Å². The summed E-state index contributed by atoms with van der Waals surface area (Å²) in [6, 6.07) is -1.05. The Kier molecular flexibility index (Phi) is 6.43. The van der Waals surface area contributed by atoms with Crippen molar-refractivity contribution in [3.63, 3.8) is 0 Å². The molecule has 2 aliphatic rings. The number of hydrogen-bond donors (Lipinski definition) is 6. The molecule has 2 heterocycles. The quantitative estimate of drug-likeness (QED) is 0.232. The molecule has 2 fully saturated rings. The topological polar surface area (TPSA) is 188 Å². The van der Waals surface area contributed by atoms with E-state index in [1.165, 1.54) is 0 Å². The maximum Gasteiger partial charge on any atom is 0.451 e. The lowest BCUT2D eigenvalue weighted by Gasteiger charge is -2.25. The van der Waals surface area contributed by atoms with E-state index in [2.05, 4.69) is 4.72 Å². The fourth-order valence-corrected chi connectivity index (χ4v) is 4.71. The van der Waals surface area contributed by atoms with Gasteiger partial charge in [0.25, 0.3) is 10.2 Å². The predicted molar refractivity (Wildman–Crippen MR) is 88.5 cm³/mol. The number of carboxylic acid groups (broad SMARTS) is 1. The highest BCUT2D eigenvalue weighted by Crippen LogP contribution is 2.32. The molecule has 0 amide bonds. The van der Waals surface area contributed by atoms with Gasteiger partial charge in [0.05, 0.1) is 19.3 Å². The molecule has 0 aromatic heterocycles. The normalized spacial score (nSPS) is 33.7. The summed E-state index contributed by atoms with van der Waals surface area (Å²) in [5.74, 6) is -1.94. The van der Waals surface area contributed by atoms with E-state index in [1.54, 1.807) is 0 Å². The molecule has 4 atom stereocenters. The first-order chi connectivity index (χ1) is 11.6. The maximum atomic E-state index is 12.5. The zero-order chi connectivity index (χ0) is 18.8. The zero-order valence-corrected chi connectivity index (χ0v) is 14.6. The minimum atomic E-state index is -3.97. The van der Waals surface area contributed by atoms with Gasteiger partial charge in [-0.05, 0) is 12.7 Å². The van der Waals surface area contributed by atoms with E-state index < -0.39 is 46.8 Å². The second-order valence-corrected chi connectivity index (χ2v) is 8.38. The number of nitrogens with one attached hydrogen (secondary N) is 1. The van der Waals surface area contributed by atoms with Gasteiger partial charge in [0.15, 0.2) is 0 Å². The Balaban J connectivity index is 2.07. The number of carbonyl (C=O) groups is 1. The second-order valence-electron chi connectivity index (χ2n) is 6.68. The Labute approximate surface area is 146 Å². The smallest absolute Gasteiger partial charge is 0.451 e. The van der Waals surface area contributed by atoms with Gasteiger partial charge in [0, 0.05) is 25.0 Å². The molecular weight excluding hydrogens is 355 g/mol. The van der Waals surface area contributed by atoms with Crippen LogP contribution in [0.15, 0.2) is 0 Å². The molecule has 25 heavy (non-hydrogen) atoms. The number of ether oxygens (including phenoxy) is 1. The Morgan fingerprint density at radius 1 is 1.40 bits per heavy atom. The van der Waals surface area contributed by atoms with E-state index in [1.807, 2.05) is 0 Å². The van der Waals surface area contributed by atoms with Crippen LogP contribution < -0.4 is 16.2 Å². The first-order valence-corrected chi connectivity index (χ1v) is 9.49. The molecule has 2 aliphatic heterocycles. The molecule has 2 rings (SSSR count). The lowest BCUT2D eigenvalue weighted by atomic mass is 9.78. The molecule has 2 saturated heterocycles. The van der Waals surface area contributed by atoms with Crippen molar-refractivity contribution < 1.29 is 33.1 Å². The van der Waals surface area contributed by atoms with E-state index in [0.717, 1.165) is 4.31 Å². The van der Waals surface area contributed by atoms with Crippen molar-refractivity contribution in [2.45, 2.75) is 36.8 Å². The van der Waals surface area contributed by atoms with Crippen molar-refractivity contribution in [1.29, 1.82) is 0 Å². The standard InChI is InChI=1S/C12H25BN4O7S/c14-9-5-24-6-10(9)16-25(22,23)17-4-8(2-1-3-13(20)21)12(15,7-17)11(18)19/h8-10,16,20-21H,1-7,14-15H2,(H,18,19)/t8-,9?,10?,12-/m0/s1. The van der Waals surface area contributed by atoms with Crippen molar-refractivity contribution in [2.24, 2.45) is 17.4 Å². The van der Waals surface area contributed by atoms with Crippen LogP contribution in [0, 0.1) is 5.92 Å². The first-order valence-electron chi connectivity index (χ1n) is 8.05. The minimum absolute atomic E-state index is 0.0610. The Morgan fingerprint density at radius 2 is 2.08 bits per heavy atom. The van der Waals surface area contributed by atoms with Gasteiger partial charge in [-0.1, -0.05) is 6.42 Å². The highest BCUT2D eigenvalue weighted by atomic mass is 32.2. The van der Waals surface area contributed by atoms with Crippen LogP contribution in [-0.2, 0) is 19.7 Å². The van der Waals surface area contributed by atoms with E-state index in [9.17, 15) is 18.3 Å². The van der Waals surface area contributed by atoms with Crippen LogP contribution in [0.3, 0.4) is 0 Å². The molecule has 11 nitrogen and oxygen atoms in total. The minimum Gasteiger partial charge on any atom is -0.480 e. The summed E-state index contributed by atoms with van der Waals surface area (Å²) in [6.07, 6.45) is 0.640. The monoisotopic (exact) mass is 380 g/mol. The van der Waals surface area contributed by atoms with Gasteiger partial charge in [-0.25, -0.2) is 0 Å². The molecule has 144 valence electrons. The Morgan fingerprint density at radius 3 is 2.60 bits per heavy atom. The molecule has 13 heteroatoms. The van der Waals surface area contributed by atoms with Crippen LogP contribution in [0.5, 0.6) is 0 Å². The Bertz CT molecular complexity index is 592. The fraction of sp³-hybridized carbons (Fsp3) is 0.917. The van der Waals surface area contributed by atoms with Crippen molar-refractivity contribution in [2.75, 3.05) is 26.3 Å². The molecule has 2 unspecified atom stereocenters. The lowest BCUT2D eigenvalue weighted by Crippen LogP contribution is -2.56. The Hall–Kier alpha value is -0.795. The third kappa shape index (κ3) is 4.68. The summed E-state index contributed by atoms with van der Waals surface area (Å²) in [5, 5.41) is 27.3. The highest BCUT2D eigenvalue weighted by Gasteiger charge is 2.52. The summed E-state index contributed by atoms with van der Waals surface area (Å²) >= 11 is 0. The number of carboxylic acids is 1. The van der Waals surface area contributed by atoms with E-state index in [4.69, 9.17) is 26.3 Å². The van der Waals surface area contributed by atoms with Gasteiger partial charge in [-0.3, -0.25) is 4.79 Å². The molecule has 0 bridgehead atoms. The number of rotatable bonds is 8. The van der Waals surface area contributed by atoms with Crippen molar-refractivity contribution in [3.8, 4) is 0 Å². The first kappa shape index (κ1) is 20.5. The van der Waals surface area contributed by atoms with E-state index in [-0.39, 0.29) is 39.0 Å². The summed E-state index contributed by atoms with van der Waals surface area (Å²) < 4.78 is 33.7. The van der Waals surface area contributed by atoms with E-state index in [0.29, 0.717) is 6.42 Å². The summed E-state index contributed by atoms with van der Waals surface area (Å²) in [4.78, 5) is 11.6. The van der Waals surface area contributed by atoms with Gasteiger partial charge in [0.1, 0.15) is 5.54 Å². The van der Waals surface area contributed by atoms with Gasteiger partial charge in [0.2, 0.25) is 0 Å². The number of hydrogen-bond acceptors (Lipinski definition) is 8. The van der Waals surface area contributed by atoms with Crippen LogP contribution in [0.25, 0.3) is 0 Å². The summed E-state index contributed by atoms with van der Waals surface area (Å²) in [6.45, 7) is -0.0384. The molecule has 0 aromatic rings. The molecule has 0 saturated carbocycles. The molecule has 0 radical (unpaired) electrons. The number of nitrogens with zero attached hydrogens (tertiary/aromatic N) is 1. The van der Waals surface area contributed by atoms with Crippen LogP contribution in [0.4, 0.5) is 0 Å². The van der Waals surface area contributed by atoms with Crippen molar-refractivity contribution in [1.82, 2.24) is 9.03 Å². The molecule has 0 aliphatic carbocycles. The van der Waals surface area contributed by atoms with Gasteiger partial charge in [-0.15, -0.1) is 0 Å².